The summed E-state index contributed by atoms with van der Waals surface area (Å²) in [5.74, 6) is 1.83. The quantitative estimate of drug-likeness (QED) is 0.498. The molecule has 29 heavy (non-hydrogen) atoms. The Balaban J connectivity index is 1.45. The molecule has 0 saturated heterocycles. The number of nitrogens with zero attached hydrogens (tertiary/aromatic N) is 5. The second-order valence-corrected chi connectivity index (χ2v) is 9.61. The highest BCUT2D eigenvalue weighted by Crippen LogP contribution is 2.39. The fourth-order valence-electron chi connectivity index (χ4n) is 3.61. The third kappa shape index (κ3) is 3.51. The first-order chi connectivity index (χ1) is 14.1. The van der Waals surface area contributed by atoms with Gasteiger partial charge in [0.1, 0.15) is 11.6 Å². The number of rotatable bonds is 4. The van der Waals surface area contributed by atoms with Crippen LogP contribution >= 0.6 is 22.7 Å². The number of nitrogens with one attached hydrogen (secondary N) is 2. The maximum absolute atomic E-state index is 4.88. The molecule has 1 aliphatic rings. The Kier molecular flexibility index (Phi) is 4.56. The van der Waals surface area contributed by atoms with Gasteiger partial charge in [0.05, 0.1) is 34.7 Å². The number of hydrogen-bond donors (Lipinski definition) is 2. The number of fused-ring (bicyclic) bond motifs is 3. The number of pyridine rings is 1. The molecule has 4 aromatic heterocycles. The van der Waals surface area contributed by atoms with Gasteiger partial charge >= 0.3 is 0 Å². The van der Waals surface area contributed by atoms with E-state index in [2.05, 4.69) is 39.2 Å². The standard InChI is InChI=1S/C20H21N7S2/c1-11-5-4-6-17(22-11)24-20-25-18-14-9-21-26-19(14)27(8-7-16(18)29-20)10-15-12(2)28-13(3)23-15/h4-6,9H,7-8,10H2,1-3H3,(H,21,26)(H,22,24,25). The average Bonchev–Trinajstić information content (AvgIpc) is 3.36. The van der Waals surface area contributed by atoms with Gasteiger partial charge in [-0.2, -0.15) is 5.10 Å². The summed E-state index contributed by atoms with van der Waals surface area (Å²) >= 11 is 3.44. The smallest absolute Gasteiger partial charge is 0.189 e. The third-order valence-electron chi connectivity index (χ3n) is 4.96. The van der Waals surface area contributed by atoms with Crippen LogP contribution in [0, 0.1) is 20.8 Å². The number of aromatic nitrogens is 5. The zero-order chi connectivity index (χ0) is 20.0. The summed E-state index contributed by atoms with van der Waals surface area (Å²) in [6.07, 6.45) is 2.81. The topological polar surface area (TPSA) is 82.6 Å². The lowest BCUT2D eigenvalue weighted by Crippen LogP contribution is -2.25. The molecule has 0 unspecified atom stereocenters. The predicted molar refractivity (Wildman–Crippen MR) is 118 cm³/mol. The maximum atomic E-state index is 4.88. The molecule has 5 rings (SSSR count). The van der Waals surface area contributed by atoms with Gasteiger partial charge in [-0.1, -0.05) is 6.07 Å². The molecule has 7 nitrogen and oxygen atoms in total. The van der Waals surface area contributed by atoms with Gasteiger partial charge in [0.15, 0.2) is 5.13 Å². The van der Waals surface area contributed by atoms with Crippen LogP contribution in [0.1, 0.15) is 26.1 Å². The Bertz CT molecular complexity index is 1170. The molecule has 0 aromatic carbocycles. The van der Waals surface area contributed by atoms with Crippen molar-refractivity contribution in [3.8, 4) is 11.3 Å². The summed E-state index contributed by atoms with van der Waals surface area (Å²) in [6.45, 7) is 7.85. The van der Waals surface area contributed by atoms with Crippen molar-refractivity contribution in [3.05, 3.63) is 50.5 Å². The summed E-state index contributed by atoms with van der Waals surface area (Å²) in [4.78, 5) is 19.0. The van der Waals surface area contributed by atoms with E-state index in [1.54, 1.807) is 22.7 Å². The first kappa shape index (κ1) is 18.3. The van der Waals surface area contributed by atoms with Crippen molar-refractivity contribution in [1.29, 1.82) is 0 Å². The highest BCUT2D eigenvalue weighted by atomic mass is 32.1. The van der Waals surface area contributed by atoms with E-state index >= 15 is 0 Å². The van der Waals surface area contributed by atoms with E-state index in [-0.39, 0.29) is 0 Å². The lowest BCUT2D eigenvalue weighted by atomic mass is 10.2. The van der Waals surface area contributed by atoms with Crippen molar-refractivity contribution in [2.24, 2.45) is 0 Å². The second kappa shape index (κ2) is 7.23. The maximum Gasteiger partial charge on any atom is 0.189 e. The molecule has 0 spiro atoms. The minimum Gasteiger partial charge on any atom is -0.350 e. The van der Waals surface area contributed by atoms with E-state index in [0.29, 0.717) is 0 Å². The molecule has 0 fully saturated rings. The van der Waals surface area contributed by atoms with Crippen LogP contribution < -0.4 is 10.2 Å². The van der Waals surface area contributed by atoms with Crippen LogP contribution in [0.4, 0.5) is 16.8 Å². The Morgan fingerprint density at radius 3 is 2.83 bits per heavy atom. The van der Waals surface area contributed by atoms with Gasteiger partial charge < -0.3 is 10.2 Å². The normalized spacial score (nSPS) is 13.1. The highest BCUT2D eigenvalue weighted by Gasteiger charge is 2.26. The summed E-state index contributed by atoms with van der Waals surface area (Å²) in [7, 11) is 0. The Morgan fingerprint density at radius 2 is 2.03 bits per heavy atom. The fraction of sp³-hybridized carbons (Fsp3) is 0.300. The van der Waals surface area contributed by atoms with Gasteiger partial charge in [-0.15, -0.1) is 22.7 Å². The number of aryl methyl sites for hydroxylation is 3. The SMILES string of the molecule is Cc1cccc(Nc2nc3c(s2)CCN(Cc2nc(C)sc2C)c2[nH]ncc2-3)n1. The van der Waals surface area contributed by atoms with Crippen LogP contribution in [0.15, 0.2) is 24.4 Å². The van der Waals surface area contributed by atoms with E-state index in [1.165, 1.54) is 9.75 Å². The van der Waals surface area contributed by atoms with Gasteiger partial charge in [-0.05, 0) is 32.9 Å². The van der Waals surface area contributed by atoms with Crippen LogP contribution in [-0.2, 0) is 13.0 Å². The first-order valence-corrected chi connectivity index (χ1v) is 11.1. The molecule has 2 N–H and O–H groups in total. The molecule has 0 amide bonds. The average molecular weight is 424 g/mol. The van der Waals surface area contributed by atoms with Gasteiger partial charge in [0.25, 0.3) is 0 Å². The predicted octanol–water partition coefficient (Wildman–Crippen LogP) is 4.62. The van der Waals surface area contributed by atoms with Gasteiger partial charge in [0.2, 0.25) is 0 Å². The molecule has 148 valence electrons. The zero-order valence-electron chi connectivity index (χ0n) is 16.5. The fourth-order valence-corrected chi connectivity index (χ4v) is 5.41. The summed E-state index contributed by atoms with van der Waals surface area (Å²) in [6, 6.07) is 5.94. The number of hydrogen-bond acceptors (Lipinski definition) is 8. The van der Waals surface area contributed by atoms with E-state index in [0.717, 1.165) is 63.9 Å². The summed E-state index contributed by atoms with van der Waals surface area (Å²) in [5, 5.41) is 12.8. The van der Waals surface area contributed by atoms with Crippen molar-refractivity contribution >= 4 is 39.4 Å². The highest BCUT2D eigenvalue weighted by molar-refractivity contribution is 7.16. The van der Waals surface area contributed by atoms with E-state index in [1.807, 2.05) is 31.3 Å². The molecule has 5 heterocycles. The van der Waals surface area contributed by atoms with E-state index in [4.69, 9.17) is 9.97 Å². The van der Waals surface area contributed by atoms with E-state index < -0.39 is 0 Å². The van der Waals surface area contributed by atoms with Crippen molar-refractivity contribution in [1.82, 2.24) is 25.1 Å². The third-order valence-corrected chi connectivity index (χ3v) is 6.92. The van der Waals surface area contributed by atoms with Crippen molar-refractivity contribution in [2.45, 2.75) is 33.7 Å². The molecule has 0 aliphatic carbocycles. The van der Waals surface area contributed by atoms with Crippen molar-refractivity contribution in [2.75, 3.05) is 16.8 Å². The number of H-pyrrole nitrogens is 1. The van der Waals surface area contributed by atoms with Crippen LogP contribution in [0.2, 0.25) is 0 Å². The first-order valence-electron chi connectivity index (χ1n) is 9.49. The Labute approximate surface area is 176 Å². The number of anilines is 3. The van der Waals surface area contributed by atoms with Crippen LogP contribution in [0.5, 0.6) is 0 Å². The molecule has 0 radical (unpaired) electrons. The van der Waals surface area contributed by atoms with Crippen LogP contribution in [0.3, 0.4) is 0 Å². The largest absolute Gasteiger partial charge is 0.350 e. The van der Waals surface area contributed by atoms with E-state index in [9.17, 15) is 0 Å². The summed E-state index contributed by atoms with van der Waals surface area (Å²) in [5.41, 5.74) is 4.17. The Morgan fingerprint density at radius 1 is 1.14 bits per heavy atom. The molecule has 4 aromatic rings. The number of aromatic amines is 1. The molecule has 0 bridgehead atoms. The Hall–Kier alpha value is -2.78. The van der Waals surface area contributed by atoms with Crippen molar-refractivity contribution < 1.29 is 0 Å². The summed E-state index contributed by atoms with van der Waals surface area (Å²) < 4.78 is 0. The van der Waals surface area contributed by atoms with Crippen molar-refractivity contribution in [3.63, 3.8) is 0 Å². The molecule has 9 heteroatoms. The minimum absolute atomic E-state index is 0.776. The van der Waals surface area contributed by atoms with Crippen LogP contribution in [0.25, 0.3) is 11.3 Å². The molecule has 1 aliphatic heterocycles. The second-order valence-electron chi connectivity index (χ2n) is 7.12. The molecule has 0 saturated carbocycles. The lowest BCUT2D eigenvalue weighted by molar-refractivity contribution is 0.760. The molecule has 0 atom stereocenters. The van der Waals surface area contributed by atoms with Gasteiger partial charge in [-0.25, -0.2) is 15.0 Å². The lowest BCUT2D eigenvalue weighted by Gasteiger charge is -2.21. The molecular weight excluding hydrogens is 402 g/mol. The van der Waals surface area contributed by atoms with Gasteiger partial charge in [0, 0.05) is 28.4 Å². The zero-order valence-corrected chi connectivity index (χ0v) is 18.1. The molecular formula is C20H21N7S2. The minimum atomic E-state index is 0.776. The van der Waals surface area contributed by atoms with Crippen LogP contribution in [-0.4, -0.2) is 31.7 Å². The van der Waals surface area contributed by atoms with Gasteiger partial charge in [-0.3, -0.25) is 5.10 Å². The monoisotopic (exact) mass is 423 g/mol. The number of thiazole rings is 2.